The lowest BCUT2D eigenvalue weighted by molar-refractivity contribution is -0.189. The summed E-state index contributed by atoms with van der Waals surface area (Å²) in [7, 11) is 0. The molecule has 0 N–H and O–H groups in total. The van der Waals surface area contributed by atoms with Gasteiger partial charge in [0.25, 0.3) is 0 Å². The molecule has 10 aliphatic rings. The molecule has 0 atom stereocenters. The first-order chi connectivity index (χ1) is 61.6. The van der Waals surface area contributed by atoms with Gasteiger partial charge in [-0.05, 0) is 400 Å². The highest BCUT2D eigenvalue weighted by Crippen LogP contribution is 2.51. The molecular weight excluding hydrogens is 1590 g/mol. The summed E-state index contributed by atoms with van der Waals surface area (Å²) in [5.74, 6) is 8.24. The van der Waals surface area contributed by atoms with Gasteiger partial charge in [-0.2, -0.15) is 8.78 Å². The largest absolute Gasteiger partial charge is 0.432 e. The number of hydrogen-bond acceptors (Lipinski definition) is 1. The molecule has 0 saturated heterocycles. The van der Waals surface area contributed by atoms with Crippen molar-refractivity contribution in [1.82, 2.24) is 0 Å². The molecule has 5 aromatic rings. The summed E-state index contributed by atoms with van der Waals surface area (Å²) >= 11 is 0. The smallest absolute Gasteiger partial charge is 0.429 e. The Balaban J connectivity index is 0.000000157. The lowest BCUT2D eigenvalue weighted by Gasteiger charge is -2.38. The molecule has 0 radical (unpaired) electrons. The van der Waals surface area contributed by atoms with Crippen LogP contribution in [0.4, 0.5) is 39.5 Å². The van der Waals surface area contributed by atoms with E-state index in [1.54, 1.807) is 37.1 Å². The molecule has 0 spiro atoms. The zero-order valence-corrected chi connectivity index (χ0v) is 80.6. The van der Waals surface area contributed by atoms with Crippen molar-refractivity contribution in [3.63, 3.8) is 0 Å². The molecule has 0 unspecified atom stereocenters. The maximum atomic E-state index is 15.2. The van der Waals surface area contributed by atoms with Crippen LogP contribution in [-0.2, 0) is 12.5 Å². The fraction of sp³-hybridized carbons (Fsp3) is 0.709. The van der Waals surface area contributed by atoms with Crippen molar-refractivity contribution in [2.24, 2.45) is 94.7 Å². The number of rotatable bonds is 28. The van der Waals surface area contributed by atoms with Crippen LogP contribution in [0.15, 0.2) is 110 Å². The van der Waals surface area contributed by atoms with Crippen molar-refractivity contribution in [1.29, 1.82) is 0 Å². The molecule has 5 aromatic carbocycles. The van der Waals surface area contributed by atoms with Crippen molar-refractivity contribution in [2.75, 3.05) is 0 Å². The Morgan fingerprint density at radius 3 is 0.984 bits per heavy atom. The average molecular weight is 1760 g/mol. The first kappa shape index (κ1) is 102. The normalized spacial score (nSPS) is 30.2. The van der Waals surface area contributed by atoms with Crippen molar-refractivity contribution in [2.45, 2.75) is 432 Å². The number of alkyl halides is 2. The van der Waals surface area contributed by atoms with Gasteiger partial charge in [-0.15, -0.1) is 6.58 Å². The Labute approximate surface area is 767 Å². The van der Waals surface area contributed by atoms with E-state index in [9.17, 15) is 30.7 Å². The number of ether oxygens (including phenoxy) is 1. The number of allylic oxidation sites excluding steroid dienone is 3. The van der Waals surface area contributed by atoms with Crippen LogP contribution in [0.3, 0.4) is 0 Å². The van der Waals surface area contributed by atoms with Crippen molar-refractivity contribution >= 4 is 0 Å². The van der Waals surface area contributed by atoms with Crippen molar-refractivity contribution in [3.05, 3.63) is 184 Å². The van der Waals surface area contributed by atoms with Crippen LogP contribution in [0.1, 0.15) is 453 Å². The van der Waals surface area contributed by atoms with Gasteiger partial charge >= 0.3 is 6.11 Å². The summed E-state index contributed by atoms with van der Waals surface area (Å²) < 4.78 is 131. The second-order valence-corrected chi connectivity index (χ2v) is 42.7. The average Bonchev–Trinajstić information content (AvgIpc) is 0.778. The summed E-state index contributed by atoms with van der Waals surface area (Å²) in [4.78, 5) is 0. The van der Waals surface area contributed by atoms with Gasteiger partial charge < -0.3 is 4.74 Å². The molecule has 708 valence electrons. The molecule has 0 bridgehead atoms. The molecule has 0 heterocycles. The molecule has 15 rings (SSSR count). The Kier molecular flexibility index (Phi) is 42.7. The molecule has 10 aliphatic carbocycles. The van der Waals surface area contributed by atoms with Gasteiger partial charge in [0.15, 0.2) is 17.5 Å². The van der Waals surface area contributed by atoms with Crippen LogP contribution < -0.4 is 4.74 Å². The Hall–Kier alpha value is -5.25. The highest BCUT2D eigenvalue weighted by molar-refractivity contribution is 5.64. The predicted octanol–water partition coefficient (Wildman–Crippen LogP) is 38.3. The number of halogens is 9. The predicted molar refractivity (Wildman–Crippen MR) is 515 cm³/mol. The van der Waals surface area contributed by atoms with Gasteiger partial charge in [0, 0.05) is 12.1 Å². The SMILES string of the molecule is C/C=C/C1CCC(C2CCC(CCC)CC2)CC1.C=CC1CCC(C2CCC(CCC)CC2)CC1.CCCC1CCC(c2ccc(C3CCC(C4CCC(CC)CC4)CC3)c(F)c2)CC1.CCCCCC1CCC(C2CCC(c3ccc(C4CCC(CCC)CC4)cc3F)CC2)CC1.CCc1ccc(-c2cc(F)c(C(F)(F)Oc3cc(F)c(F)c(F)c3)c(F)c2)cc1. The first-order valence-electron chi connectivity index (χ1n) is 53.3. The Bertz CT molecular complexity index is 3900. The van der Waals surface area contributed by atoms with Gasteiger partial charge in [0.05, 0.1) is 0 Å². The highest BCUT2D eigenvalue weighted by atomic mass is 19.3. The maximum absolute atomic E-state index is 15.2. The molecule has 127 heavy (non-hydrogen) atoms. The van der Waals surface area contributed by atoms with Crippen LogP contribution in [0.2, 0.25) is 0 Å². The lowest BCUT2D eigenvalue weighted by atomic mass is 9.68. The van der Waals surface area contributed by atoms with Crippen LogP contribution in [0, 0.1) is 135 Å². The summed E-state index contributed by atoms with van der Waals surface area (Å²) in [6.07, 6.45) is 77.5. The maximum Gasteiger partial charge on any atom is 0.432 e. The minimum absolute atomic E-state index is 0.0149. The van der Waals surface area contributed by atoms with Crippen molar-refractivity contribution in [3.8, 4) is 16.9 Å². The third-order valence-electron chi connectivity index (χ3n) is 34.6. The van der Waals surface area contributed by atoms with E-state index in [-0.39, 0.29) is 29.3 Å². The van der Waals surface area contributed by atoms with Gasteiger partial charge in [0.2, 0.25) is 0 Å². The summed E-state index contributed by atoms with van der Waals surface area (Å²) in [6, 6.07) is 21.1. The first-order valence-corrected chi connectivity index (χ1v) is 53.3. The molecular formula is C117H171F9O. The fourth-order valence-electron chi connectivity index (χ4n) is 26.5. The number of hydrogen-bond donors (Lipinski definition) is 0. The standard InChI is InChI=1S/C32H51F.C29H45F.C21H13F7O.C18H32.C17H30/c1-3-5-6-8-25-11-13-26(14-12-25)27-17-19-29(20-18-27)31-22-21-30(23-32(31)33)28-15-9-24(7-4-2)10-16-28;1-3-5-22-8-12-25(13-9-22)27-18-19-28(29(30)20-27)26-16-14-24(15-17-26)23-10-6-21(4-2)7-11-23;1-2-11-3-5-12(6-4-11)13-7-15(22)19(16(23)8-13)21(27,28)29-14-9-17(24)20(26)18(25)10-14;1-3-5-15-7-11-17(12-8-15)18-13-9-16(6-4-2)10-14-18;1-3-5-15-8-12-17(13-9-15)16-10-6-14(4-2)7-11-16/h21-29H,3-20H2,1-2H3;18-26H,3-17H2,1-2H3;3-10H,2H2,1H3;3,5,15-18H,4,6-14H2,1-2H3;4,14-17H,2-3,5-13H2,1H3/b;;;5-3+;. The third-order valence-corrected chi connectivity index (χ3v) is 34.6. The zero-order chi connectivity index (χ0) is 90.2. The van der Waals surface area contributed by atoms with Crippen LogP contribution in [-0.4, -0.2) is 0 Å². The Morgan fingerprint density at radius 1 is 0.323 bits per heavy atom. The van der Waals surface area contributed by atoms with Crippen LogP contribution in [0.5, 0.6) is 5.75 Å². The highest BCUT2D eigenvalue weighted by Gasteiger charge is 2.43. The number of unbranched alkanes of at least 4 members (excludes halogenated alkanes) is 2. The number of aryl methyl sites for hydroxylation is 1. The van der Waals surface area contributed by atoms with E-state index in [0.717, 1.165) is 118 Å². The second-order valence-electron chi connectivity index (χ2n) is 42.7. The van der Waals surface area contributed by atoms with Gasteiger partial charge in [-0.1, -0.05) is 250 Å². The van der Waals surface area contributed by atoms with E-state index in [1.807, 2.05) is 19.1 Å². The quantitative estimate of drug-likeness (QED) is 0.0210. The van der Waals surface area contributed by atoms with Crippen LogP contribution in [0.25, 0.3) is 11.1 Å². The minimum Gasteiger partial charge on any atom is -0.429 e. The molecule has 0 amide bonds. The minimum atomic E-state index is -4.62. The monoisotopic (exact) mass is 1760 g/mol. The molecule has 1 nitrogen and oxygen atoms in total. The zero-order valence-electron chi connectivity index (χ0n) is 80.6. The summed E-state index contributed by atoms with van der Waals surface area (Å²) in [5.41, 5.74) is 4.24. The van der Waals surface area contributed by atoms with E-state index in [2.05, 4.69) is 102 Å². The molecule has 10 saturated carbocycles. The second kappa shape index (κ2) is 53.0. The lowest BCUT2D eigenvalue weighted by Crippen LogP contribution is -2.25. The van der Waals surface area contributed by atoms with E-state index >= 15 is 8.78 Å². The summed E-state index contributed by atoms with van der Waals surface area (Å²) in [5, 5.41) is 0. The fourth-order valence-corrected chi connectivity index (χ4v) is 26.5. The van der Waals surface area contributed by atoms with E-state index in [4.69, 9.17) is 0 Å². The van der Waals surface area contributed by atoms with Crippen LogP contribution >= 0.6 is 0 Å². The number of benzene rings is 5. The molecule has 0 aliphatic heterocycles. The van der Waals surface area contributed by atoms with Crippen molar-refractivity contribution < 1.29 is 44.3 Å². The molecule has 0 aromatic heterocycles. The summed E-state index contributed by atoms with van der Waals surface area (Å²) in [6.45, 7) is 22.0. The van der Waals surface area contributed by atoms with E-state index in [0.29, 0.717) is 41.4 Å². The topological polar surface area (TPSA) is 9.23 Å². The van der Waals surface area contributed by atoms with E-state index < -0.39 is 46.5 Å². The van der Waals surface area contributed by atoms with E-state index in [1.165, 1.54) is 339 Å². The molecule has 10 fully saturated rings. The third kappa shape index (κ3) is 30.6. The van der Waals surface area contributed by atoms with Gasteiger partial charge in [0.1, 0.15) is 34.6 Å². The van der Waals surface area contributed by atoms with Gasteiger partial charge in [-0.3, -0.25) is 0 Å². The van der Waals surface area contributed by atoms with Gasteiger partial charge in [-0.25, -0.2) is 30.7 Å². The Morgan fingerprint density at radius 2 is 0.654 bits per heavy atom. The molecule has 10 heteroatoms.